The van der Waals surface area contributed by atoms with E-state index in [4.69, 9.17) is 5.73 Å². The van der Waals surface area contributed by atoms with Crippen molar-refractivity contribution in [3.8, 4) is 0 Å². The largest absolute Gasteiger partial charge is 0.383 e. The first-order valence-corrected chi connectivity index (χ1v) is 5.14. The minimum Gasteiger partial charge on any atom is -0.383 e. The fraction of sp³-hybridized carbons (Fsp3) is 0.300. The topological polar surface area (TPSA) is 38.9 Å². The van der Waals surface area contributed by atoms with Crippen LogP contribution in [0.3, 0.4) is 0 Å². The average molecular weight is 192 g/mol. The monoisotopic (exact) mass is 192 g/mol. The maximum atomic E-state index is 5.77. The van der Waals surface area contributed by atoms with Crippen LogP contribution in [0.1, 0.15) is 24.6 Å². The van der Waals surface area contributed by atoms with Gasteiger partial charge in [-0.25, -0.2) is 4.98 Å². The number of thiophene rings is 1. The summed E-state index contributed by atoms with van der Waals surface area (Å²) in [5, 5.41) is 1.09. The second-order valence-electron chi connectivity index (χ2n) is 3.41. The lowest BCUT2D eigenvalue weighted by Crippen LogP contribution is -1.87. The van der Waals surface area contributed by atoms with E-state index in [1.807, 2.05) is 6.07 Å². The average Bonchev–Trinajstić information content (AvgIpc) is 2.49. The van der Waals surface area contributed by atoms with Gasteiger partial charge in [0, 0.05) is 21.2 Å². The molecule has 3 heteroatoms. The van der Waals surface area contributed by atoms with Gasteiger partial charge in [-0.05, 0) is 18.1 Å². The van der Waals surface area contributed by atoms with Crippen molar-refractivity contribution in [2.75, 3.05) is 5.73 Å². The first-order valence-electron chi connectivity index (χ1n) is 4.32. The molecule has 0 fully saturated rings. The van der Waals surface area contributed by atoms with Gasteiger partial charge in [-0.3, -0.25) is 0 Å². The molecule has 2 N–H and O–H groups in total. The third kappa shape index (κ3) is 1.40. The van der Waals surface area contributed by atoms with Gasteiger partial charge in [-0.15, -0.1) is 11.3 Å². The standard InChI is InChI=1S/C10H12N2S/c1-6(2)9-5-7-8(13-9)3-4-12-10(7)11/h3-6H,1-2H3,(H2,11,12). The van der Waals surface area contributed by atoms with Gasteiger partial charge in [0.2, 0.25) is 0 Å². The smallest absolute Gasteiger partial charge is 0.132 e. The van der Waals surface area contributed by atoms with Crippen LogP contribution in [-0.4, -0.2) is 4.98 Å². The van der Waals surface area contributed by atoms with Crippen LogP contribution in [0.4, 0.5) is 5.82 Å². The minimum atomic E-state index is 0.566. The summed E-state index contributed by atoms with van der Waals surface area (Å²) < 4.78 is 1.23. The van der Waals surface area contributed by atoms with Gasteiger partial charge in [0.25, 0.3) is 0 Å². The van der Waals surface area contributed by atoms with E-state index < -0.39 is 0 Å². The molecule has 0 amide bonds. The Balaban J connectivity index is 2.68. The molecule has 2 aromatic rings. The Morgan fingerprint density at radius 1 is 1.46 bits per heavy atom. The van der Waals surface area contributed by atoms with E-state index in [1.54, 1.807) is 17.5 Å². The van der Waals surface area contributed by atoms with Crippen molar-refractivity contribution in [3.63, 3.8) is 0 Å². The lowest BCUT2D eigenvalue weighted by atomic mass is 10.1. The van der Waals surface area contributed by atoms with Crippen LogP contribution in [-0.2, 0) is 0 Å². The lowest BCUT2D eigenvalue weighted by Gasteiger charge is -1.96. The normalized spacial score (nSPS) is 11.3. The number of anilines is 1. The number of aromatic nitrogens is 1. The van der Waals surface area contributed by atoms with Gasteiger partial charge >= 0.3 is 0 Å². The highest BCUT2D eigenvalue weighted by atomic mass is 32.1. The molecule has 0 saturated carbocycles. The molecule has 0 aromatic carbocycles. The molecule has 13 heavy (non-hydrogen) atoms. The zero-order valence-corrected chi connectivity index (χ0v) is 8.56. The van der Waals surface area contributed by atoms with Crippen LogP contribution in [0, 0.1) is 0 Å². The Morgan fingerprint density at radius 2 is 2.23 bits per heavy atom. The van der Waals surface area contributed by atoms with Crippen LogP contribution in [0.2, 0.25) is 0 Å². The number of nitrogens with two attached hydrogens (primary N) is 1. The Kier molecular flexibility index (Phi) is 1.96. The van der Waals surface area contributed by atoms with E-state index in [-0.39, 0.29) is 0 Å². The molecule has 2 nitrogen and oxygen atoms in total. The molecular formula is C10H12N2S. The fourth-order valence-electron chi connectivity index (χ4n) is 1.29. The van der Waals surface area contributed by atoms with Gasteiger partial charge in [0.05, 0.1) is 0 Å². The molecule has 0 spiro atoms. The van der Waals surface area contributed by atoms with Crippen molar-refractivity contribution in [1.82, 2.24) is 4.98 Å². The first kappa shape index (κ1) is 8.51. The molecule has 0 radical (unpaired) electrons. The summed E-state index contributed by atoms with van der Waals surface area (Å²) in [6.07, 6.45) is 1.76. The molecule has 68 valence electrons. The highest BCUT2D eigenvalue weighted by molar-refractivity contribution is 7.19. The molecule has 0 atom stereocenters. The highest BCUT2D eigenvalue weighted by Crippen LogP contribution is 2.32. The Hall–Kier alpha value is -1.09. The van der Waals surface area contributed by atoms with Crippen molar-refractivity contribution in [3.05, 3.63) is 23.2 Å². The van der Waals surface area contributed by atoms with Crippen molar-refractivity contribution in [2.45, 2.75) is 19.8 Å². The van der Waals surface area contributed by atoms with E-state index in [0.717, 1.165) is 5.39 Å². The third-order valence-corrected chi connectivity index (χ3v) is 3.47. The summed E-state index contributed by atoms with van der Waals surface area (Å²) in [4.78, 5) is 5.43. The number of nitrogens with zero attached hydrogens (tertiary/aromatic N) is 1. The second kappa shape index (κ2) is 3.00. The quantitative estimate of drug-likeness (QED) is 0.754. The van der Waals surface area contributed by atoms with E-state index in [1.165, 1.54) is 9.58 Å². The number of hydrogen-bond acceptors (Lipinski definition) is 3. The van der Waals surface area contributed by atoms with Crippen LogP contribution < -0.4 is 5.73 Å². The molecule has 0 bridgehead atoms. The number of rotatable bonds is 1. The minimum absolute atomic E-state index is 0.566. The summed E-state index contributed by atoms with van der Waals surface area (Å²) in [5.74, 6) is 1.21. The number of pyridine rings is 1. The van der Waals surface area contributed by atoms with Crippen LogP contribution in [0.25, 0.3) is 10.1 Å². The SMILES string of the molecule is CC(C)c1cc2c(N)nccc2s1. The highest BCUT2D eigenvalue weighted by Gasteiger charge is 2.07. The molecule has 2 aromatic heterocycles. The molecule has 2 rings (SSSR count). The summed E-state index contributed by atoms with van der Waals surface area (Å²) in [7, 11) is 0. The number of fused-ring (bicyclic) bond motifs is 1. The molecule has 0 saturated heterocycles. The third-order valence-electron chi connectivity index (χ3n) is 2.06. The maximum Gasteiger partial charge on any atom is 0.132 e. The van der Waals surface area contributed by atoms with Crippen molar-refractivity contribution >= 4 is 27.2 Å². The lowest BCUT2D eigenvalue weighted by molar-refractivity contribution is 0.890. The summed E-state index contributed by atoms with van der Waals surface area (Å²) >= 11 is 1.80. The van der Waals surface area contributed by atoms with Gasteiger partial charge in [-0.2, -0.15) is 0 Å². The summed E-state index contributed by atoms with van der Waals surface area (Å²) in [5.41, 5.74) is 5.77. The molecule has 0 aliphatic carbocycles. The van der Waals surface area contributed by atoms with E-state index in [0.29, 0.717) is 11.7 Å². The maximum absolute atomic E-state index is 5.77. The summed E-state index contributed by atoms with van der Waals surface area (Å²) in [6.45, 7) is 4.38. The molecular weight excluding hydrogens is 180 g/mol. The number of nitrogen functional groups attached to an aromatic ring is 1. The van der Waals surface area contributed by atoms with Crippen LogP contribution in [0.15, 0.2) is 18.3 Å². The second-order valence-corrected chi connectivity index (χ2v) is 4.53. The molecule has 2 heterocycles. The van der Waals surface area contributed by atoms with Gasteiger partial charge in [-0.1, -0.05) is 13.8 Å². The first-order chi connectivity index (χ1) is 6.18. The van der Waals surface area contributed by atoms with Crippen molar-refractivity contribution in [1.29, 1.82) is 0 Å². The zero-order chi connectivity index (χ0) is 9.42. The molecule has 0 unspecified atom stereocenters. The predicted octanol–water partition coefficient (Wildman–Crippen LogP) is 3.00. The van der Waals surface area contributed by atoms with Crippen molar-refractivity contribution < 1.29 is 0 Å². The Bertz CT molecular complexity index is 431. The Morgan fingerprint density at radius 3 is 2.85 bits per heavy atom. The molecule has 0 aliphatic rings. The van der Waals surface area contributed by atoms with Gasteiger partial charge < -0.3 is 5.73 Å². The van der Waals surface area contributed by atoms with E-state index >= 15 is 0 Å². The van der Waals surface area contributed by atoms with Crippen LogP contribution >= 0.6 is 11.3 Å². The Labute approximate surface area is 81.4 Å². The predicted molar refractivity (Wildman–Crippen MR) is 58.1 cm³/mol. The summed E-state index contributed by atoms with van der Waals surface area (Å²) in [6, 6.07) is 4.16. The van der Waals surface area contributed by atoms with Crippen LogP contribution in [0.5, 0.6) is 0 Å². The van der Waals surface area contributed by atoms with Gasteiger partial charge in [0.15, 0.2) is 0 Å². The van der Waals surface area contributed by atoms with E-state index in [2.05, 4.69) is 24.9 Å². The van der Waals surface area contributed by atoms with Crippen molar-refractivity contribution in [2.24, 2.45) is 0 Å². The van der Waals surface area contributed by atoms with E-state index in [9.17, 15) is 0 Å². The number of hydrogen-bond donors (Lipinski definition) is 1. The van der Waals surface area contributed by atoms with Gasteiger partial charge in [0.1, 0.15) is 5.82 Å². The fourth-order valence-corrected chi connectivity index (χ4v) is 2.36. The molecule has 0 aliphatic heterocycles. The zero-order valence-electron chi connectivity index (χ0n) is 7.74.